The second-order valence-electron chi connectivity index (χ2n) is 0.577. The van der Waals surface area contributed by atoms with Gasteiger partial charge in [0.25, 0.3) is 0 Å². The minimum Gasteiger partial charge on any atom is -1.00 e. The molecule has 0 aromatic heterocycles. The smallest absolute Gasteiger partial charge is 0.0974 e. The van der Waals surface area contributed by atoms with Gasteiger partial charge in [0.15, 0.2) is 0 Å². The van der Waals surface area contributed by atoms with E-state index in [1.165, 1.54) is 0 Å². The Morgan fingerprint density at radius 3 is 1.80 bits per heavy atom. The van der Waals surface area contributed by atoms with Gasteiger partial charge in [-0.15, -0.1) is 0 Å². The van der Waals surface area contributed by atoms with Gasteiger partial charge in [-0.25, -0.2) is 0 Å². The van der Waals surface area contributed by atoms with Crippen molar-refractivity contribution in [2.24, 2.45) is 0 Å². The number of quaternary nitrogens is 1. The SMILES string of the molecule is [I-].[NH3+]CCO. The highest BCUT2D eigenvalue weighted by molar-refractivity contribution is 4.03. The van der Waals surface area contributed by atoms with Gasteiger partial charge in [0, 0.05) is 0 Å². The lowest BCUT2D eigenvalue weighted by molar-refractivity contribution is -0.372. The van der Waals surface area contributed by atoms with Crippen LogP contribution in [0.2, 0.25) is 0 Å². The van der Waals surface area contributed by atoms with Gasteiger partial charge in [-0.3, -0.25) is 0 Å². The fraction of sp³-hybridized carbons (Fsp3) is 1.00. The summed E-state index contributed by atoms with van der Waals surface area (Å²) in [5.74, 6) is 0. The van der Waals surface area contributed by atoms with Crippen LogP contribution in [0.4, 0.5) is 0 Å². The van der Waals surface area contributed by atoms with Crippen molar-refractivity contribution in [2.75, 3.05) is 13.2 Å². The van der Waals surface area contributed by atoms with E-state index >= 15 is 0 Å². The minimum atomic E-state index is 0. The van der Waals surface area contributed by atoms with Crippen LogP contribution in [-0.2, 0) is 0 Å². The third kappa shape index (κ3) is 12.0. The molecule has 34 valence electrons. The van der Waals surface area contributed by atoms with Crippen molar-refractivity contribution in [3.05, 3.63) is 0 Å². The van der Waals surface area contributed by atoms with Crippen molar-refractivity contribution in [1.29, 1.82) is 0 Å². The lowest BCUT2D eigenvalue weighted by Crippen LogP contribution is -3.00. The minimum absolute atomic E-state index is 0. The molecule has 0 fully saturated rings. The molecule has 5 heavy (non-hydrogen) atoms. The Labute approximate surface area is 48.4 Å². The first kappa shape index (κ1) is 9.17. The normalized spacial score (nSPS) is 6.00. The van der Waals surface area contributed by atoms with Crippen molar-refractivity contribution < 1.29 is 34.8 Å². The topological polar surface area (TPSA) is 47.9 Å². The summed E-state index contributed by atoms with van der Waals surface area (Å²) < 4.78 is 0. The Balaban J connectivity index is 0. The number of rotatable bonds is 1. The van der Waals surface area contributed by atoms with Crippen molar-refractivity contribution in [2.45, 2.75) is 0 Å². The maximum atomic E-state index is 7.81. The molecule has 0 bridgehead atoms. The molecule has 0 saturated heterocycles. The van der Waals surface area contributed by atoms with E-state index < -0.39 is 0 Å². The predicted molar refractivity (Wildman–Crippen MR) is 14.8 cm³/mol. The largest absolute Gasteiger partial charge is 1.00 e. The molecule has 0 aromatic rings. The Bertz CT molecular complexity index is 11.6. The summed E-state index contributed by atoms with van der Waals surface area (Å²) in [6.45, 7) is 0.833. The van der Waals surface area contributed by atoms with Crippen molar-refractivity contribution in [1.82, 2.24) is 0 Å². The number of halogens is 1. The van der Waals surface area contributed by atoms with Crippen LogP contribution < -0.4 is 29.7 Å². The van der Waals surface area contributed by atoms with Crippen LogP contribution in [0.3, 0.4) is 0 Å². The molecule has 2 nitrogen and oxygen atoms in total. The van der Waals surface area contributed by atoms with Crippen LogP contribution >= 0.6 is 0 Å². The number of hydrogen-bond donors (Lipinski definition) is 2. The van der Waals surface area contributed by atoms with Crippen molar-refractivity contribution >= 4 is 0 Å². The number of aliphatic hydroxyl groups is 1. The fourth-order valence-corrected chi connectivity index (χ4v) is 0. The highest BCUT2D eigenvalue weighted by Crippen LogP contribution is 1.28. The highest BCUT2D eigenvalue weighted by atomic mass is 127. The van der Waals surface area contributed by atoms with E-state index in [1.807, 2.05) is 0 Å². The van der Waals surface area contributed by atoms with Gasteiger partial charge in [-0.1, -0.05) is 0 Å². The van der Waals surface area contributed by atoms with Gasteiger partial charge in [0.2, 0.25) is 0 Å². The molecular weight excluding hydrogens is 181 g/mol. The quantitative estimate of drug-likeness (QED) is 0.399. The Kier molecular flexibility index (Phi) is 16.2. The predicted octanol–water partition coefficient (Wildman–Crippen LogP) is -4.78. The average Bonchev–Trinajstić information content (AvgIpc) is 1.37. The van der Waals surface area contributed by atoms with E-state index in [-0.39, 0.29) is 30.6 Å². The molecule has 0 heterocycles. The summed E-state index contributed by atoms with van der Waals surface area (Å²) in [6, 6.07) is 0. The van der Waals surface area contributed by atoms with Crippen LogP contribution in [0.1, 0.15) is 0 Å². The van der Waals surface area contributed by atoms with Crippen molar-refractivity contribution in [3.63, 3.8) is 0 Å². The van der Waals surface area contributed by atoms with Crippen LogP contribution in [0, 0.1) is 0 Å². The van der Waals surface area contributed by atoms with Crippen LogP contribution in [-0.4, -0.2) is 18.3 Å². The van der Waals surface area contributed by atoms with E-state index in [1.54, 1.807) is 0 Å². The second-order valence-corrected chi connectivity index (χ2v) is 0.577. The molecule has 0 aliphatic carbocycles. The van der Waals surface area contributed by atoms with Crippen LogP contribution in [0.5, 0.6) is 0 Å². The van der Waals surface area contributed by atoms with Gasteiger partial charge in [-0.2, -0.15) is 0 Å². The maximum Gasteiger partial charge on any atom is 0.0974 e. The standard InChI is InChI=1S/C2H7NO.HI/c3-1-2-4;/h4H,1-3H2;1H. The van der Waals surface area contributed by atoms with Gasteiger partial charge < -0.3 is 34.8 Å². The molecular formula is C2H8INO. The summed E-state index contributed by atoms with van der Waals surface area (Å²) in [5.41, 5.74) is 3.35. The summed E-state index contributed by atoms with van der Waals surface area (Å²) in [4.78, 5) is 0. The molecule has 0 rings (SSSR count). The van der Waals surface area contributed by atoms with Crippen LogP contribution in [0.15, 0.2) is 0 Å². The number of hydrogen-bond acceptors (Lipinski definition) is 1. The van der Waals surface area contributed by atoms with Gasteiger partial charge in [0.1, 0.15) is 0 Å². The Morgan fingerprint density at radius 2 is 1.80 bits per heavy atom. The molecule has 0 atom stereocenters. The molecule has 0 radical (unpaired) electrons. The maximum absolute atomic E-state index is 7.81. The highest BCUT2D eigenvalue weighted by Gasteiger charge is 1.60. The van der Waals surface area contributed by atoms with Crippen molar-refractivity contribution in [3.8, 4) is 0 Å². The monoisotopic (exact) mass is 189 g/mol. The van der Waals surface area contributed by atoms with Gasteiger partial charge >= 0.3 is 0 Å². The van der Waals surface area contributed by atoms with E-state index in [2.05, 4.69) is 5.73 Å². The molecule has 3 heteroatoms. The van der Waals surface area contributed by atoms with E-state index in [0.717, 1.165) is 0 Å². The molecule has 0 saturated carbocycles. The lowest BCUT2D eigenvalue weighted by Gasteiger charge is -1.67. The Morgan fingerprint density at radius 1 is 1.60 bits per heavy atom. The van der Waals surface area contributed by atoms with E-state index in [0.29, 0.717) is 6.54 Å². The molecule has 0 aromatic carbocycles. The third-order valence-corrected chi connectivity index (χ3v) is 0.158. The van der Waals surface area contributed by atoms with Crippen LogP contribution in [0.25, 0.3) is 0 Å². The summed E-state index contributed by atoms with van der Waals surface area (Å²) in [6.07, 6.45) is 0. The summed E-state index contributed by atoms with van der Waals surface area (Å²) in [7, 11) is 0. The lowest BCUT2D eigenvalue weighted by atomic mass is 10.8. The first-order chi connectivity index (χ1) is 1.91. The third-order valence-electron chi connectivity index (χ3n) is 0.158. The fourth-order valence-electron chi connectivity index (χ4n) is 0. The first-order valence-electron chi connectivity index (χ1n) is 1.32. The number of aliphatic hydroxyl groups excluding tert-OH is 1. The van der Waals surface area contributed by atoms with E-state index in [9.17, 15) is 0 Å². The van der Waals surface area contributed by atoms with Gasteiger partial charge in [0.05, 0.1) is 13.2 Å². The molecule has 0 unspecified atom stereocenters. The summed E-state index contributed by atoms with van der Waals surface area (Å²) in [5, 5.41) is 7.81. The Hall–Kier alpha value is 0.650. The molecule has 4 N–H and O–H groups in total. The second kappa shape index (κ2) is 8.82. The average molecular weight is 189 g/mol. The van der Waals surface area contributed by atoms with E-state index in [4.69, 9.17) is 5.11 Å². The molecule has 0 aliphatic heterocycles. The molecule has 0 spiro atoms. The first-order valence-corrected chi connectivity index (χ1v) is 1.32. The zero-order chi connectivity index (χ0) is 3.41. The molecule has 0 amide bonds. The summed E-state index contributed by atoms with van der Waals surface area (Å²) >= 11 is 0. The zero-order valence-corrected chi connectivity index (χ0v) is 5.10. The zero-order valence-electron chi connectivity index (χ0n) is 2.95. The van der Waals surface area contributed by atoms with Gasteiger partial charge in [-0.05, 0) is 0 Å². The molecule has 0 aliphatic rings.